The number of halogens is 2. The van der Waals surface area contributed by atoms with Crippen LogP contribution >= 0.6 is 0 Å². The maximum Gasteiger partial charge on any atom is 0.249 e. The largest absolute Gasteiger partial charge is 0.321 e. The fourth-order valence-corrected chi connectivity index (χ4v) is 2.89. The third kappa shape index (κ3) is 4.35. The molecule has 3 aromatic carbocycles. The molecule has 29 heavy (non-hydrogen) atoms. The first kappa shape index (κ1) is 18.5. The Labute approximate surface area is 166 Å². The lowest BCUT2D eigenvalue weighted by Gasteiger charge is -2.24. The Morgan fingerprint density at radius 3 is 2.14 bits per heavy atom. The van der Waals surface area contributed by atoms with Gasteiger partial charge < -0.3 is 10.2 Å². The number of nitrogens with one attached hydrogen (secondary N) is 1. The van der Waals surface area contributed by atoms with Crippen LogP contribution in [0.25, 0.3) is 0 Å². The van der Waals surface area contributed by atoms with Gasteiger partial charge in [0.15, 0.2) is 5.82 Å². The molecule has 0 amide bonds. The Kier molecular flexibility index (Phi) is 5.38. The summed E-state index contributed by atoms with van der Waals surface area (Å²) in [5, 5.41) is 10.4. The maximum atomic E-state index is 14.0. The summed E-state index contributed by atoms with van der Waals surface area (Å²) in [6.07, 6.45) is 1.51. The summed E-state index contributed by atoms with van der Waals surface area (Å²) in [6, 6.07) is 23.2. The molecular formula is C22H17F2N5. The second-order valence-corrected chi connectivity index (χ2v) is 6.27. The molecule has 7 heteroatoms. The van der Waals surface area contributed by atoms with Crippen molar-refractivity contribution < 1.29 is 8.78 Å². The van der Waals surface area contributed by atoms with Gasteiger partial charge in [0.25, 0.3) is 0 Å². The quantitative estimate of drug-likeness (QED) is 0.489. The number of hydrogen-bond donors (Lipinski definition) is 1. The van der Waals surface area contributed by atoms with Crippen molar-refractivity contribution in [1.29, 1.82) is 0 Å². The predicted molar refractivity (Wildman–Crippen MR) is 108 cm³/mol. The van der Waals surface area contributed by atoms with Crippen molar-refractivity contribution in [2.45, 2.75) is 6.54 Å². The molecule has 0 saturated carbocycles. The second kappa shape index (κ2) is 8.43. The van der Waals surface area contributed by atoms with E-state index in [0.717, 1.165) is 23.4 Å². The minimum Gasteiger partial charge on any atom is -0.321 e. The number of rotatable bonds is 6. The van der Waals surface area contributed by atoms with Crippen molar-refractivity contribution >= 4 is 23.1 Å². The van der Waals surface area contributed by atoms with Gasteiger partial charge in [-0.05, 0) is 29.8 Å². The molecule has 0 radical (unpaired) electrons. The standard InChI is InChI=1S/C22H17F2N5/c23-18-12-7-13-19(24)21(18)27-22-26-20(14-25-28-22)29(17-10-5-2-6-11-17)15-16-8-3-1-4-9-16/h1-14H,15H2,(H,26,27,28). The molecule has 0 atom stereocenters. The monoisotopic (exact) mass is 389 g/mol. The summed E-state index contributed by atoms with van der Waals surface area (Å²) in [5.74, 6) is -0.971. The fourth-order valence-electron chi connectivity index (χ4n) is 2.89. The number of aromatic nitrogens is 3. The normalized spacial score (nSPS) is 10.6. The van der Waals surface area contributed by atoms with E-state index >= 15 is 0 Å². The third-order valence-corrected chi connectivity index (χ3v) is 4.27. The van der Waals surface area contributed by atoms with Crippen molar-refractivity contribution in [2.75, 3.05) is 10.2 Å². The summed E-state index contributed by atoms with van der Waals surface area (Å²) >= 11 is 0. The smallest absolute Gasteiger partial charge is 0.249 e. The molecule has 0 unspecified atom stereocenters. The third-order valence-electron chi connectivity index (χ3n) is 4.27. The zero-order valence-electron chi connectivity index (χ0n) is 15.3. The maximum absolute atomic E-state index is 14.0. The first-order valence-electron chi connectivity index (χ1n) is 8.98. The highest BCUT2D eigenvalue weighted by atomic mass is 19.1. The summed E-state index contributed by atoms with van der Waals surface area (Å²) in [6.45, 7) is 0.539. The Bertz CT molecular complexity index is 1070. The molecule has 4 aromatic rings. The summed E-state index contributed by atoms with van der Waals surface area (Å²) in [4.78, 5) is 6.38. The molecule has 1 N–H and O–H groups in total. The Morgan fingerprint density at radius 2 is 1.45 bits per heavy atom. The van der Waals surface area contributed by atoms with Gasteiger partial charge in [0.1, 0.15) is 17.3 Å². The average molecular weight is 389 g/mol. The SMILES string of the molecule is Fc1cccc(F)c1Nc1nncc(N(Cc2ccccc2)c2ccccc2)n1. The van der Waals surface area contributed by atoms with Crippen LogP contribution in [0.2, 0.25) is 0 Å². The van der Waals surface area contributed by atoms with E-state index in [-0.39, 0.29) is 11.6 Å². The van der Waals surface area contributed by atoms with Crippen LogP contribution in [0.15, 0.2) is 85.1 Å². The minimum absolute atomic E-state index is 0.000456. The lowest BCUT2D eigenvalue weighted by molar-refractivity contribution is 0.590. The van der Waals surface area contributed by atoms with E-state index < -0.39 is 11.6 Å². The van der Waals surface area contributed by atoms with Crippen molar-refractivity contribution in [3.63, 3.8) is 0 Å². The first-order chi connectivity index (χ1) is 14.2. The Hall–Kier alpha value is -3.87. The van der Waals surface area contributed by atoms with Crippen LogP contribution in [0.5, 0.6) is 0 Å². The van der Waals surface area contributed by atoms with Gasteiger partial charge >= 0.3 is 0 Å². The summed E-state index contributed by atoms with van der Waals surface area (Å²) < 4.78 is 27.9. The molecule has 4 rings (SSSR count). The number of hydrogen-bond acceptors (Lipinski definition) is 5. The van der Waals surface area contributed by atoms with Crippen LogP contribution in [-0.2, 0) is 6.54 Å². The highest BCUT2D eigenvalue weighted by Gasteiger charge is 2.15. The van der Waals surface area contributed by atoms with Crippen molar-refractivity contribution in [2.24, 2.45) is 0 Å². The van der Waals surface area contributed by atoms with Gasteiger partial charge in [0, 0.05) is 12.2 Å². The molecule has 0 aliphatic heterocycles. The molecule has 1 heterocycles. The van der Waals surface area contributed by atoms with Crippen LogP contribution in [0.3, 0.4) is 0 Å². The van der Waals surface area contributed by atoms with Crippen LogP contribution in [0, 0.1) is 11.6 Å². The van der Waals surface area contributed by atoms with Gasteiger partial charge in [-0.2, -0.15) is 10.1 Å². The molecule has 0 saturated heterocycles. The lowest BCUT2D eigenvalue weighted by atomic mass is 10.2. The van der Waals surface area contributed by atoms with E-state index in [0.29, 0.717) is 12.4 Å². The first-order valence-corrected chi connectivity index (χ1v) is 8.98. The fraction of sp³-hybridized carbons (Fsp3) is 0.0455. The number of anilines is 4. The molecule has 0 spiro atoms. The zero-order chi connectivity index (χ0) is 20.1. The molecule has 144 valence electrons. The van der Waals surface area contributed by atoms with Gasteiger partial charge in [-0.1, -0.05) is 54.6 Å². The van der Waals surface area contributed by atoms with Crippen LogP contribution < -0.4 is 10.2 Å². The molecular weight excluding hydrogens is 372 g/mol. The molecule has 5 nitrogen and oxygen atoms in total. The second-order valence-electron chi connectivity index (χ2n) is 6.27. The lowest BCUT2D eigenvalue weighted by Crippen LogP contribution is -2.19. The van der Waals surface area contributed by atoms with E-state index in [1.165, 1.54) is 12.3 Å². The minimum atomic E-state index is -0.733. The summed E-state index contributed by atoms with van der Waals surface area (Å²) in [7, 11) is 0. The topological polar surface area (TPSA) is 53.9 Å². The van der Waals surface area contributed by atoms with Crippen LogP contribution in [0.4, 0.5) is 31.9 Å². The van der Waals surface area contributed by atoms with Gasteiger partial charge in [-0.15, -0.1) is 5.10 Å². The molecule has 0 bridgehead atoms. The molecule has 1 aromatic heterocycles. The van der Waals surface area contributed by atoms with Gasteiger partial charge in [0.05, 0.1) is 6.20 Å². The van der Waals surface area contributed by atoms with E-state index in [4.69, 9.17) is 0 Å². The van der Waals surface area contributed by atoms with Crippen molar-refractivity contribution in [3.05, 3.63) is 102 Å². The predicted octanol–water partition coefficient (Wildman–Crippen LogP) is 5.23. The highest BCUT2D eigenvalue weighted by molar-refractivity contribution is 5.62. The van der Waals surface area contributed by atoms with Gasteiger partial charge in [-0.25, -0.2) is 8.78 Å². The number of benzene rings is 3. The average Bonchev–Trinajstić information content (AvgIpc) is 2.76. The van der Waals surface area contributed by atoms with Crippen LogP contribution in [-0.4, -0.2) is 15.2 Å². The van der Waals surface area contributed by atoms with E-state index in [1.807, 2.05) is 65.6 Å². The number of nitrogens with zero attached hydrogens (tertiary/aromatic N) is 4. The Morgan fingerprint density at radius 1 is 0.793 bits per heavy atom. The van der Waals surface area contributed by atoms with Crippen molar-refractivity contribution in [3.8, 4) is 0 Å². The molecule has 0 aliphatic rings. The van der Waals surface area contributed by atoms with Gasteiger partial charge in [-0.3, -0.25) is 0 Å². The van der Waals surface area contributed by atoms with Gasteiger partial charge in [0.2, 0.25) is 5.95 Å². The number of para-hydroxylation sites is 2. The molecule has 0 aliphatic carbocycles. The van der Waals surface area contributed by atoms with E-state index in [1.54, 1.807) is 0 Å². The highest BCUT2D eigenvalue weighted by Crippen LogP contribution is 2.27. The summed E-state index contributed by atoms with van der Waals surface area (Å²) in [5.41, 5.74) is 1.66. The van der Waals surface area contributed by atoms with E-state index in [2.05, 4.69) is 20.5 Å². The van der Waals surface area contributed by atoms with Crippen molar-refractivity contribution in [1.82, 2.24) is 15.2 Å². The zero-order valence-corrected chi connectivity index (χ0v) is 15.3. The van der Waals surface area contributed by atoms with Crippen LogP contribution in [0.1, 0.15) is 5.56 Å². The molecule has 0 fully saturated rings. The van der Waals surface area contributed by atoms with E-state index in [9.17, 15) is 8.78 Å². The Balaban J connectivity index is 1.69.